The highest BCUT2D eigenvalue weighted by atomic mass is 32.1. The van der Waals surface area contributed by atoms with Crippen LogP contribution in [0.5, 0.6) is 17.2 Å². The van der Waals surface area contributed by atoms with Crippen LogP contribution >= 0.6 is 11.3 Å². The summed E-state index contributed by atoms with van der Waals surface area (Å²) in [7, 11) is 3.15. The summed E-state index contributed by atoms with van der Waals surface area (Å²) in [5, 5.41) is 0.855. The van der Waals surface area contributed by atoms with Crippen molar-refractivity contribution in [2.24, 2.45) is 0 Å². The van der Waals surface area contributed by atoms with E-state index in [9.17, 15) is 9.59 Å². The van der Waals surface area contributed by atoms with Crippen molar-refractivity contribution in [1.29, 1.82) is 0 Å². The molecule has 3 aromatic carbocycles. The molecule has 3 heterocycles. The number of para-hydroxylation sites is 1. The summed E-state index contributed by atoms with van der Waals surface area (Å²) >= 11 is 1.34. The molecule has 186 valence electrons. The van der Waals surface area contributed by atoms with Gasteiger partial charge in [0.05, 0.1) is 48.0 Å². The number of amides is 1. The van der Waals surface area contributed by atoms with Gasteiger partial charge in [-0.2, -0.15) is 0 Å². The van der Waals surface area contributed by atoms with E-state index >= 15 is 0 Å². The molecule has 0 bridgehead atoms. The number of anilines is 1. The molecule has 0 saturated carbocycles. The molecule has 1 amide bonds. The molecule has 8 nitrogen and oxygen atoms in total. The van der Waals surface area contributed by atoms with Gasteiger partial charge in [-0.3, -0.25) is 14.5 Å². The van der Waals surface area contributed by atoms with Crippen molar-refractivity contribution in [3.05, 3.63) is 87.8 Å². The number of hydrogen-bond donors (Lipinski definition) is 0. The molecule has 0 unspecified atom stereocenters. The minimum Gasteiger partial charge on any atom is -0.497 e. The lowest BCUT2D eigenvalue weighted by atomic mass is 9.98. The van der Waals surface area contributed by atoms with E-state index in [1.54, 1.807) is 50.6 Å². The lowest BCUT2D eigenvalue weighted by Crippen LogP contribution is -2.29. The first kappa shape index (κ1) is 23.1. The van der Waals surface area contributed by atoms with E-state index in [1.807, 2.05) is 31.2 Å². The number of carbonyl (C=O) groups excluding carboxylic acids is 1. The molecule has 1 aliphatic rings. The van der Waals surface area contributed by atoms with Crippen molar-refractivity contribution in [2.75, 3.05) is 25.7 Å². The second-order valence-electron chi connectivity index (χ2n) is 8.42. The lowest BCUT2D eigenvalue weighted by molar-refractivity contribution is 0.0971. The second kappa shape index (κ2) is 8.94. The molecule has 0 saturated heterocycles. The Bertz CT molecular complexity index is 1740. The van der Waals surface area contributed by atoms with Gasteiger partial charge in [0.2, 0.25) is 5.76 Å². The van der Waals surface area contributed by atoms with Crippen molar-refractivity contribution < 1.29 is 23.4 Å². The molecule has 5 aromatic rings. The predicted molar refractivity (Wildman–Crippen MR) is 141 cm³/mol. The Labute approximate surface area is 215 Å². The highest BCUT2D eigenvalue weighted by Crippen LogP contribution is 2.45. The van der Waals surface area contributed by atoms with E-state index in [2.05, 4.69) is 0 Å². The molecule has 1 atom stereocenters. The maximum Gasteiger partial charge on any atom is 0.297 e. The topological polar surface area (TPSA) is 91.1 Å². The fourth-order valence-corrected chi connectivity index (χ4v) is 5.70. The summed E-state index contributed by atoms with van der Waals surface area (Å²) in [6.07, 6.45) is 0. The normalized spacial score (nSPS) is 14.8. The van der Waals surface area contributed by atoms with Gasteiger partial charge in [0, 0.05) is 0 Å². The summed E-state index contributed by atoms with van der Waals surface area (Å²) in [6, 6.07) is 17.1. The Hall–Kier alpha value is -4.37. The van der Waals surface area contributed by atoms with Crippen LogP contribution in [0, 0.1) is 0 Å². The Morgan fingerprint density at radius 1 is 1.00 bits per heavy atom. The molecule has 37 heavy (non-hydrogen) atoms. The van der Waals surface area contributed by atoms with Crippen LogP contribution in [-0.2, 0) is 0 Å². The molecule has 0 radical (unpaired) electrons. The zero-order chi connectivity index (χ0) is 25.7. The number of thiazole rings is 1. The summed E-state index contributed by atoms with van der Waals surface area (Å²) in [4.78, 5) is 33.9. The van der Waals surface area contributed by atoms with Crippen LogP contribution < -0.4 is 24.5 Å². The zero-order valence-electron chi connectivity index (χ0n) is 20.3. The molecule has 0 spiro atoms. The first-order valence-corrected chi connectivity index (χ1v) is 12.5. The van der Waals surface area contributed by atoms with Crippen molar-refractivity contribution in [1.82, 2.24) is 4.98 Å². The number of ether oxygens (including phenoxy) is 3. The number of rotatable bonds is 6. The Kier molecular flexibility index (Phi) is 5.57. The second-order valence-corrected chi connectivity index (χ2v) is 9.43. The fraction of sp³-hybridized carbons (Fsp3) is 0.179. The largest absolute Gasteiger partial charge is 0.497 e. The highest BCUT2D eigenvalue weighted by molar-refractivity contribution is 7.22. The van der Waals surface area contributed by atoms with Gasteiger partial charge >= 0.3 is 0 Å². The molecule has 0 aliphatic carbocycles. The number of methoxy groups -OCH3 is 2. The monoisotopic (exact) mass is 514 g/mol. The molecular weight excluding hydrogens is 492 g/mol. The molecular formula is C28H22N2O6S. The third kappa shape index (κ3) is 3.62. The van der Waals surface area contributed by atoms with Gasteiger partial charge in [-0.1, -0.05) is 29.5 Å². The van der Waals surface area contributed by atoms with E-state index in [4.69, 9.17) is 23.6 Å². The molecule has 1 aliphatic heterocycles. The maximum absolute atomic E-state index is 13.9. The van der Waals surface area contributed by atoms with Crippen LogP contribution in [0.25, 0.3) is 21.2 Å². The van der Waals surface area contributed by atoms with E-state index in [0.29, 0.717) is 45.5 Å². The Morgan fingerprint density at radius 2 is 1.84 bits per heavy atom. The number of carbonyl (C=O) groups is 1. The first-order valence-electron chi connectivity index (χ1n) is 11.7. The van der Waals surface area contributed by atoms with Crippen LogP contribution in [-0.4, -0.2) is 31.7 Å². The molecule has 0 N–H and O–H groups in total. The predicted octanol–water partition coefficient (Wildman–Crippen LogP) is 5.57. The van der Waals surface area contributed by atoms with Crippen molar-refractivity contribution in [2.45, 2.75) is 13.0 Å². The van der Waals surface area contributed by atoms with Crippen LogP contribution in [0.15, 0.2) is 69.9 Å². The molecule has 9 heteroatoms. The van der Waals surface area contributed by atoms with Crippen LogP contribution in [0.3, 0.4) is 0 Å². The third-order valence-corrected chi connectivity index (χ3v) is 7.39. The minimum absolute atomic E-state index is 0.0124. The number of benzene rings is 3. The number of nitrogens with zero attached hydrogens (tertiary/aromatic N) is 2. The van der Waals surface area contributed by atoms with Gasteiger partial charge in [0.25, 0.3) is 5.91 Å². The van der Waals surface area contributed by atoms with Crippen molar-refractivity contribution >= 4 is 43.6 Å². The SMILES string of the molecule is CCOc1ccc([C@H]2c3c(oc4ccccc4c3=O)C(=O)N2c2nc3ccc(OC)cc3s2)cc1OC. The van der Waals surface area contributed by atoms with E-state index in [-0.39, 0.29) is 16.8 Å². The van der Waals surface area contributed by atoms with E-state index in [0.717, 1.165) is 10.2 Å². The molecule has 6 rings (SSSR count). The van der Waals surface area contributed by atoms with Crippen molar-refractivity contribution in [3.8, 4) is 17.2 Å². The molecule has 2 aromatic heterocycles. The number of aromatic nitrogens is 1. The standard InChI is InChI=1S/C28H22N2O6S/c1-4-35-20-12-9-15(13-21(20)34-3)24-23-25(31)17-7-5-6-8-19(17)36-26(23)27(32)30(24)28-29-18-11-10-16(33-2)14-22(18)37-28/h5-14,24H,4H2,1-3H3/t24-/m0/s1. The van der Waals surface area contributed by atoms with Gasteiger partial charge in [0.15, 0.2) is 22.1 Å². The third-order valence-electron chi connectivity index (χ3n) is 6.37. The molecule has 0 fully saturated rings. The van der Waals surface area contributed by atoms with Gasteiger partial charge in [0.1, 0.15) is 11.3 Å². The summed E-state index contributed by atoms with van der Waals surface area (Å²) in [5.74, 6) is 1.34. The smallest absolute Gasteiger partial charge is 0.297 e. The fourth-order valence-electron chi connectivity index (χ4n) is 4.68. The summed E-state index contributed by atoms with van der Waals surface area (Å²) in [5.41, 5.74) is 1.77. The van der Waals surface area contributed by atoms with E-state index in [1.165, 1.54) is 16.2 Å². The van der Waals surface area contributed by atoms with E-state index < -0.39 is 11.9 Å². The minimum atomic E-state index is -0.768. The summed E-state index contributed by atoms with van der Waals surface area (Å²) in [6.45, 7) is 2.36. The van der Waals surface area contributed by atoms with Crippen LogP contribution in [0.4, 0.5) is 5.13 Å². The van der Waals surface area contributed by atoms with Crippen LogP contribution in [0.2, 0.25) is 0 Å². The summed E-state index contributed by atoms with van der Waals surface area (Å²) < 4.78 is 23.5. The zero-order valence-corrected chi connectivity index (χ0v) is 21.1. The number of hydrogen-bond acceptors (Lipinski definition) is 8. The quantitative estimate of drug-likeness (QED) is 0.293. The van der Waals surface area contributed by atoms with Gasteiger partial charge in [-0.15, -0.1) is 0 Å². The van der Waals surface area contributed by atoms with Gasteiger partial charge in [-0.25, -0.2) is 4.98 Å². The average Bonchev–Trinajstić information content (AvgIpc) is 3.47. The number of fused-ring (bicyclic) bond motifs is 3. The first-order chi connectivity index (χ1) is 18.0. The lowest BCUT2D eigenvalue weighted by Gasteiger charge is -2.23. The van der Waals surface area contributed by atoms with Crippen LogP contribution in [0.1, 0.15) is 34.6 Å². The van der Waals surface area contributed by atoms with Gasteiger partial charge in [-0.05, 0) is 55.0 Å². The maximum atomic E-state index is 13.9. The average molecular weight is 515 g/mol. The highest BCUT2D eigenvalue weighted by Gasteiger charge is 2.45. The Balaban J connectivity index is 1.60. The van der Waals surface area contributed by atoms with Crippen molar-refractivity contribution in [3.63, 3.8) is 0 Å². The Morgan fingerprint density at radius 3 is 2.62 bits per heavy atom. The van der Waals surface area contributed by atoms with Gasteiger partial charge < -0.3 is 18.6 Å².